The number of aliphatic imine (C=N–C) groups is 1. The van der Waals surface area contributed by atoms with Crippen molar-refractivity contribution in [1.29, 1.82) is 0 Å². The minimum absolute atomic E-state index is 0. The van der Waals surface area contributed by atoms with E-state index in [1.807, 2.05) is 6.92 Å². The number of halogens is 1. The van der Waals surface area contributed by atoms with Gasteiger partial charge in [0, 0.05) is 19.6 Å². The first-order chi connectivity index (χ1) is 9.22. The van der Waals surface area contributed by atoms with Gasteiger partial charge in [0.2, 0.25) is 5.91 Å². The zero-order chi connectivity index (χ0) is 13.7. The summed E-state index contributed by atoms with van der Waals surface area (Å²) < 4.78 is 0. The smallest absolute Gasteiger partial charge is 0.324 e. The highest BCUT2D eigenvalue weighted by Gasteiger charge is 2.27. The van der Waals surface area contributed by atoms with Crippen LogP contribution in [0.2, 0.25) is 0 Å². The van der Waals surface area contributed by atoms with E-state index in [-0.39, 0.29) is 42.5 Å². The first kappa shape index (κ1) is 17.0. The molecular weight excluding hydrogens is 373 g/mol. The predicted octanol–water partition coefficient (Wildman–Crippen LogP) is 0.218. The number of guanidine groups is 1. The number of imide groups is 1. The Balaban J connectivity index is 0.00000200. The second kappa shape index (κ2) is 8.28. The zero-order valence-electron chi connectivity index (χ0n) is 11.7. The monoisotopic (exact) mass is 395 g/mol. The van der Waals surface area contributed by atoms with Gasteiger partial charge >= 0.3 is 6.03 Å². The summed E-state index contributed by atoms with van der Waals surface area (Å²) in [4.78, 5) is 30.7. The van der Waals surface area contributed by atoms with Crippen molar-refractivity contribution in [3.05, 3.63) is 0 Å². The van der Waals surface area contributed by atoms with Crippen LogP contribution >= 0.6 is 24.0 Å². The molecule has 0 aromatic heterocycles. The van der Waals surface area contributed by atoms with Crippen LogP contribution in [0.5, 0.6) is 0 Å². The topological polar surface area (TPSA) is 77.0 Å². The molecule has 0 unspecified atom stereocenters. The van der Waals surface area contributed by atoms with Gasteiger partial charge < -0.3 is 15.5 Å². The van der Waals surface area contributed by atoms with E-state index in [0.717, 1.165) is 25.6 Å². The van der Waals surface area contributed by atoms with E-state index in [9.17, 15) is 9.59 Å². The number of amides is 3. The molecule has 0 aliphatic carbocycles. The number of hydrogen-bond acceptors (Lipinski definition) is 3. The number of nitrogens with one attached hydrogen (secondary N) is 2. The molecule has 2 aliphatic heterocycles. The van der Waals surface area contributed by atoms with Crippen LogP contribution in [0.15, 0.2) is 4.99 Å². The molecule has 2 N–H and O–H groups in total. The van der Waals surface area contributed by atoms with Gasteiger partial charge in [0.1, 0.15) is 0 Å². The number of nitrogens with zero attached hydrogens (tertiary/aromatic N) is 3. The molecule has 0 saturated carbocycles. The fourth-order valence-electron chi connectivity index (χ4n) is 2.29. The van der Waals surface area contributed by atoms with Gasteiger partial charge in [0.05, 0.1) is 19.6 Å². The number of hydrogen-bond donors (Lipinski definition) is 2. The molecule has 0 atom stereocenters. The van der Waals surface area contributed by atoms with Crippen molar-refractivity contribution in [3.63, 3.8) is 0 Å². The van der Waals surface area contributed by atoms with Crippen molar-refractivity contribution in [1.82, 2.24) is 20.4 Å². The van der Waals surface area contributed by atoms with Gasteiger partial charge in [-0.1, -0.05) is 0 Å². The molecule has 2 heterocycles. The molecule has 114 valence electrons. The highest BCUT2D eigenvalue weighted by molar-refractivity contribution is 14.0. The fraction of sp³-hybridized carbons (Fsp3) is 0.750. The minimum Gasteiger partial charge on any atom is -0.357 e. The lowest BCUT2D eigenvalue weighted by Crippen LogP contribution is -2.40. The fourth-order valence-corrected chi connectivity index (χ4v) is 2.29. The standard InChI is InChI=1S/C12H21N5O2.HI/c1-2-13-11(16-6-3-4-7-16)14-5-8-17-10(18)9-15-12(17)19;/h2-9H2,1H3,(H,13,14)(H,15,19);1H. The third-order valence-electron chi connectivity index (χ3n) is 3.26. The van der Waals surface area contributed by atoms with Gasteiger partial charge in [0.15, 0.2) is 5.96 Å². The van der Waals surface area contributed by atoms with Crippen LogP contribution in [-0.2, 0) is 4.79 Å². The molecule has 0 bridgehead atoms. The number of rotatable bonds is 4. The largest absolute Gasteiger partial charge is 0.357 e. The maximum Gasteiger partial charge on any atom is 0.324 e. The molecule has 0 radical (unpaired) electrons. The molecule has 2 saturated heterocycles. The summed E-state index contributed by atoms with van der Waals surface area (Å²) in [6.07, 6.45) is 2.38. The number of likely N-dealkylation sites (tertiary alicyclic amines) is 1. The zero-order valence-corrected chi connectivity index (χ0v) is 14.1. The van der Waals surface area contributed by atoms with E-state index >= 15 is 0 Å². The van der Waals surface area contributed by atoms with Crippen LogP contribution in [0.1, 0.15) is 19.8 Å². The molecule has 0 aromatic carbocycles. The van der Waals surface area contributed by atoms with Crippen LogP contribution in [0.25, 0.3) is 0 Å². The van der Waals surface area contributed by atoms with Gasteiger partial charge in [-0.2, -0.15) is 0 Å². The lowest BCUT2D eigenvalue weighted by Gasteiger charge is -2.21. The second-order valence-corrected chi connectivity index (χ2v) is 4.63. The Morgan fingerprint density at radius 1 is 1.35 bits per heavy atom. The molecule has 2 aliphatic rings. The molecule has 0 aromatic rings. The summed E-state index contributed by atoms with van der Waals surface area (Å²) >= 11 is 0. The van der Waals surface area contributed by atoms with Crippen molar-refractivity contribution >= 4 is 41.9 Å². The lowest BCUT2D eigenvalue weighted by molar-refractivity contribution is -0.124. The summed E-state index contributed by atoms with van der Waals surface area (Å²) in [6, 6.07) is -0.314. The Hall–Kier alpha value is -1.06. The summed E-state index contributed by atoms with van der Waals surface area (Å²) in [7, 11) is 0. The van der Waals surface area contributed by atoms with Crippen LogP contribution in [0, 0.1) is 0 Å². The van der Waals surface area contributed by atoms with Crippen molar-refractivity contribution in [2.75, 3.05) is 39.3 Å². The van der Waals surface area contributed by atoms with E-state index in [1.165, 1.54) is 17.7 Å². The normalized spacial score (nSPS) is 19.1. The van der Waals surface area contributed by atoms with Crippen LogP contribution in [-0.4, -0.2) is 67.0 Å². The van der Waals surface area contributed by atoms with Gasteiger partial charge in [-0.05, 0) is 19.8 Å². The highest BCUT2D eigenvalue weighted by atomic mass is 127. The predicted molar refractivity (Wildman–Crippen MR) is 87.3 cm³/mol. The number of carbonyl (C=O) groups is 2. The van der Waals surface area contributed by atoms with E-state index in [0.29, 0.717) is 13.1 Å². The quantitative estimate of drug-likeness (QED) is 0.309. The van der Waals surface area contributed by atoms with Crippen molar-refractivity contribution in [3.8, 4) is 0 Å². The SMILES string of the molecule is CCNC(=NCCN1C(=O)CNC1=O)N1CCCC1.I. The molecule has 8 heteroatoms. The molecular formula is C12H22IN5O2. The van der Waals surface area contributed by atoms with Crippen LogP contribution in [0.4, 0.5) is 4.79 Å². The van der Waals surface area contributed by atoms with Gasteiger partial charge in [-0.15, -0.1) is 24.0 Å². The molecule has 20 heavy (non-hydrogen) atoms. The molecule has 2 fully saturated rings. The Bertz CT molecular complexity index is 366. The Kier molecular flexibility index (Phi) is 7.03. The molecule has 0 spiro atoms. The summed E-state index contributed by atoms with van der Waals surface area (Å²) in [5.74, 6) is 0.707. The first-order valence-electron chi connectivity index (χ1n) is 6.84. The number of urea groups is 1. The Morgan fingerprint density at radius 3 is 2.60 bits per heavy atom. The average molecular weight is 395 g/mol. The van der Waals surface area contributed by atoms with E-state index in [2.05, 4.69) is 20.5 Å². The maximum absolute atomic E-state index is 11.4. The van der Waals surface area contributed by atoms with Gasteiger partial charge in [-0.3, -0.25) is 14.7 Å². The van der Waals surface area contributed by atoms with E-state index in [4.69, 9.17) is 0 Å². The third kappa shape index (κ3) is 4.22. The first-order valence-corrected chi connectivity index (χ1v) is 6.84. The molecule has 3 amide bonds. The Morgan fingerprint density at radius 2 is 2.05 bits per heavy atom. The van der Waals surface area contributed by atoms with Gasteiger partial charge in [-0.25, -0.2) is 4.79 Å². The average Bonchev–Trinajstić information content (AvgIpc) is 3.02. The highest BCUT2D eigenvalue weighted by Crippen LogP contribution is 2.07. The van der Waals surface area contributed by atoms with Crippen LogP contribution in [0.3, 0.4) is 0 Å². The summed E-state index contributed by atoms with van der Waals surface area (Å²) in [6.45, 7) is 5.78. The molecule has 7 nitrogen and oxygen atoms in total. The summed E-state index contributed by atoms with van der Waals surface area (Å²) in [5, 5.41) is 5.74. The van der Waals surface area contributed by atoms with Crippen molar-refractivity contribution in [2.24, 2.45) is 4.99 Å². The second-order valence-electron chi connectivity index (χ2n) is 4.63. The Labute approximate surface area is 136 Å². The van der Waals surface area contributed by atoms with Crippen molar-refractivity contribution in [2.45, 2.75) is 19.8 Å². The van der Waals surface area contributed by atoms with Gasteiger partial charge in [0.25, 0.3) is 0 Å². The molecule has 2 rings (SSSR count). The third-order valence-corrected chi connectivity index (χ3v) is 3.26. The van der Waals surface area contributed by atoms with Crippen LogP contribution < -0.4 is 10.6 Å². The maximum atomic E-state index is 11.4. The minimum atomic E-state index is -0.314. The summed E-state index contributed by atoms with van der Waals surface area (Å²) in [5.41, 5.74) is 0. The lowest BCUT2D eigenvalue weighted by atomic mass is 10.4. The number of carbonyl (C=O) groups excluding carboxylic acids is 2. The van der Waals surface area contributed by atoms with E-state index in [1.54, 1.807) is 0 Å². The van der Waals surface area contributed by atoms with Crippen molar-refractivity contribution < 1.29 is 9.59 Å². The van der Waals surface area contributed by atoms with E-state index < -0.39 is 0 Å².